The van der Waals surface area contributed by atoms with Crippen LogP contribution >= 0.6 is 0 Å². The topological polar surface area (TPSA) is 71.9 Å². The van der Waals surface area contributed by atoms with Crippen LogP contribution in [0.4, 0.5) is 5.82 Å². The molecule has 1 aliphatic carbocycles. The number of aromatic nitrogens is 2. The van der Waals surface area contributed by atoms with Gasteiger partial charge in [0.05, 0.1) is 17.9 Å². The highest BCUT2D eigenvalue weighted by atomic mass is 16.7. The fourth-order valence-corrected chi connectivity index (χ4v) is 4.62. The number of para-hydroxylation sites is 1. The second kappa shape index (κ2) is 9.12. The van der Waals surface area contributed by atoms with E-state index in [1.807, 2.05) is 47.1 Å². The lowest BCUT2D eigenvalue weighted by molar-refractivity contribution is -0.117. The second-order valence-electron chi connectivity index (χ2n) is 9.26. The quantitative estimate of drug-likeness (QED) is 0.585. The summed E-state index contributed by atoms with van der Waals surface area (Å²) >= 11 is 0. The van der Waals surface area contributed by atoms with Crippen molar-refractivity contribution in [3.63, 3.8) is 0 Å². The monoisotopic (exact) mass is 459 g/mol. The normalized spacial score (nSPS) is 18.2. The fraction of sp³-hybridized carbons (Fsp3) is 0.385. The van der Waals surface area contributed by atoms with Gasteiger partial charge in [-0.3, -0.25) is 14.6 Å². The van der Waals surface area contributed by atoms with Crippen LogP contribution in [-0.4, -0.2) is 65.0 Å². The van der Waals surface area contributed by atoms with Crippen molar-refractivity contribution in [3.05, 3.63) is 65.9 Å². The summed E-state index contributed by atoms with van der Waals surface area (Å²) in [6.45, 7) is 5.14. The highest BCUT2D eigenvalue weighted by Crippen LogP contribution is 2.40. The minimum absolute atomic E-state index is 0.00338. The number of ether oxygens (including phenoxy) is 2. The summed E-state index contributed by atoms with van der Waals surface area (Å²) < 4.78 is 12.7. The van der Waals surface area contributed by atoms with Crippen LogP contribution in [0.2, 0.25) is 0 Å². The number of piperazine rings is 1. The first-order valence-corrected chi connectivity index (χ1v) is 12.0. The smallest absolute Gasteiger partial charge is 0.239 e. The Balaban J connectivity index is 1.04. The van der Waals surface area contributed by atoms with E-state index in [-0.39, 0.29) is 5.91 Å². The van der Waals surface area contributed by atoms with Crippen molar-refractivity contribution in [1.82, 2.24) is 19.6 Å². The van der Waals surface area contributed by atoms with E-state index < -0.39 is 0 Å². The van der Waals surface area contributed by atoms with Crippen molar-refractivity contribution in [2.75, 3.05) is 44.8 Å². The summed E-state index contributed by atoms with van der Waals surface area (Å²) in [6, 6.07) is 18.2. The fourth-order valence-electron chi connectivity index (χ4n) is 4.62. The third-order valence-corrected chi connectivity index (χ3v) is 6.67. The first kappa shape index (κ1) is 21.2. The number of nitrogens with one attached hydrogen (secondary N) is 1. The highest BCUT2D eigenvalue weighted by molar-refractivity contribution is 5.91. The average molecular weight is 460 g/mol. The van der Waals surface area contributed by atoms with Crippen LogP contribution in [0.1, 0.15) is 30.0 Å². The molecule has 1 saturated carbocycles. The molecular weight excluding hydrogens is 430 g/mol. The lowest BCUT2D eigenvalue weighted by atomic mass is 10.1. The molecule has 0 bridgehead atoms. The van der Waals surface area contributed by atoms with Crippen molar-refractivity contribution in [3.8, 4) is 17.2 Å². The van der Waals surface area contributed by atoms with E-state index in [1.54, 1.807) is 0 Å². The summed E-state index contributed by atoms with van der Waals surface area (Å²) in [5.41, 5.74) is 3.24. The van der Waals surface area contributed by atoms with Crippen molar-refractivity contribution in [1.29, 1.82) is 0 Å². The molecule has 34 heavy (non-hydrogen) atoms. The molecule has 2 aliphatic heterocycles. The van der Waals surface area contributed by atoms with Crippen LogP contribution in [0.25, 0.3) is 5.69 Å². The largest absolute Gasteiger partial charge is 0.454 e. The summed E-state index contributed by atoms with van der Waals surface area (Å²) in [5.74, 6) is 2.92. The lowest BCUT2D eigenvalue weighted by Crippen LogP contribution is -2.48. The van der Waals surface area contributed by atoms with Crippen LogP contribution in [-0.2, 0) is 11.3 Å². The summed E-state index contributed by atoms with van der Waals surface area (Å²) in [7, 11) is 0. The van der Waals surface area contributed by atoms with Gasteiger partial charge >= 0.3 is 0 Å². The van der Waals surface area contributed by atoms with Crippen LogP contribution in [0.3, 0.4) is 0 Å². The lowest BCUT2D eigenvalue weighted by Gasteiger charge is -2.34. The molecule has 3 heterocycles. The summed E-state index contributed by atoms with van der Waals surface area (Å²) in [6.07, 6.45) is 2.35. The van der Waals surface area contributed by atoms with Gasteiger partial charge in [-0.2, -0.15) is 5.10 Å². The van der Waals surface area contributed by atoms with Crippen molar-refractivity contribution in [2.24, 2.45) is 0 Å². The molecule has 0 atom stereocenters. The van der Waals surface area contributed by atoms with Gasteiger partial charge in [-0.25, -0.2) is 4.68 Å². The molecule has 1 amide bonds. The predicted octanol–water partition coefficient (Wildman–Crippen LogP) is 3.23. The van der Waals surface area contributed by atoms with E-state index in [0.717, 1.165) is 61.4 Å². The van der Waals surface area contributed by atoms with Gasteiger partial charge in [0.1, 0.15) is 5.82 Å². The number of hydrogen-bond acceptors (Lipinski definition) is 6. The molecule has 3 aromatic rings. The molecule has 2 fully saturated rings. The minimum Gasteiger partial charge on any atom is -0.454 e. The molecule has 6 rings (SSSR count). The maximum absolute atomic E-state index is 12.9. The van der Waals surface area contributed by atoms with Gasteiger partial charge in [-0.05, 0) is 42.7 Å². The highest BCUT2D eigenvalue weighted by Gasteiger charge is 2.28. The molecule has 1 aromatic heterocycles. The molecule has 0 unspecified atom stereocenters. The molecule has 0 spiro atoms. The maximum atomic E-state index is 12.9. The molecule has 8 heteroatoms. The number of carbonyl (C=O) groups is 1. The Morgan fingerprint density at radius 1 is 0.941 bits per heavy atom. The van der Waals surface area contributed by atoms with E-state index in [1.165, 1.54) is 18.4 Å². The Morgan fingerprint density at radius 3 is 2.50 bits per heavy atom. The summed E-state index contributed by atoms with van der Waals surface area (Å²) in [4.78, 5) is 17.5. The Labute approximate surface area is 199 Å². The zero-order valence-corrected chi connectivity index (χ0v) is 19.2. The Bertz CT molecular complexity index is 1170. The molecule has 0 radical (unpaired) electrons. The van der Waals surface area contributed by atoms with E-state index in [0.29, 0.717) is 19.3 Å². The van der Waals surface area contributed by atoms with Crippen LogP contribution in [0, 0.1) is 0 Å². The maximum Gasteiger partial charge on any atom is 0.239 e. The Kier molecular flexibility index (Phi) is 5.68. The van der Waals surface area contributed by atoms with Crippen LogP contribution in [0.5, 0.6) is 11.5 Å². The van der Waals surface area contributed by atoms with Crippen LogP contribution < -0.4 is 14.8 Å². The number of anilines is 1. The molecule has 1 saturated heterocycles. The van der Waals surface area contributed by atoms with E-state index in [2.05, 4.69) is 27.2 Å². The first-order valence-electron chi connectivity index (χ1n) is 12.0. The van der Waals surface area contributed by atoms with E-state index in [4.69, 9.17) is 14.6 Å². The summed E-state index contributed by atoms with van der Waals surface area (Å²) in [5, 5.41) is 7.89. The number of hydrogen-bond donors (Lipinski definition) is 1. The number of amides is 1. The SMILES string of the molecule is O=C(CN1CCN(Cc2ccc3c(c2)OCO3)CC1)Nc1cc(C2CC2)nn1-c1ccccc1. The molecule has 2 aromatic carbocycles. The van der Waals surface area contributed by atoms with Gasteiger partial charge in [-0.15, -0.1) is 0 Å². The van der Waals surface area contributed by atoms with Gasteiger partial charge in [0, 0.05) is 44.7 Å². The van der Waals surface area contributed by atoms with E-state index >= 15 is 0 Å². The Hall–Kier alpha value is -3.36. The number of fused-ring (bicyclic) bond motifs is 1. The molecule has 176 valence electrons. The molecule has 1 N–H and O–H groups in total. The third-order valence-electron chi connectivity index (χ3n) is 6.67. The van der Waals surface area contributed by atoms with Crippen molar-refractivity contribution in [2.45, 2.75) is 25.3 Å². The zero-order chi connectivity index (χ0) is 22.9. The van der Waals surface area contributed by atoms with Crippen molar-refractivity contribution < 1.29 is 14.3 Å². The van der Waals surface area contributed by atoms with Gasteiger partial charge in [0.25, 0.3) is 0 Å². The van der Waals surface area contributed by atoms with Gasteiger partial charge in [-0.1, -0.05) is 24.3 Å². The van der Waals surface area contributed by atoms with Gasteiger partial charge in [0.15, 0.2) is 11.5 Å². The van der Waals surface area contributed by atoms with Crippen LogP contribution in [0.15, 0.2) is 54.6 Å². The number of benzene rings is 2. The minimum atomic E-state index is 0.00338. The molecule has 3 aliphatic rings. The third kappa shape index (κ3) is 4.64. The first-order chi connectivity index (χ1) is 16.7. The standard InChI is InChI=1S/C26H29N5O3/c32-26(27-25-15-22(20-7-8-20)28-31(25)21-4-2-1-3-5-21)17-30-12-10-29(11-13-30)16-19-6-9-23-24(14-19)34-18-33-23/h1-6,9,14-15,20H,7-8,10-13,16-18H2,(H,27,32). The zero-order valence-electron chi connectivity index (χ0n) is 19.2. The van der Waals surface area contributed by atoms with Gasteiger partial charge in [0.2, 0.25) is 12.7 Å². The van der Waals surface area contributed by atoms with Crippen molar-refractivity contribution >= 4 is 11.7 Å². The number of carbonyl (C=O) groups excluding carboxylic acids is 1. The average Bonchev–Trinajstić information content (AvgIpc) is 3.46. The Morgan fingerprint density at radius 2 is 1.71 bits per heavy atom. The predicted molar refractivity (Wildman–Crippen MR) is 128 cm³/mol. The number of nitrogens with zero attached hydrogens (tertiary/aromatic N) is 4. The van der Waals surface area contributed by atoms with Gasteiger partial charge < -0.3 is 14.8 Å². The number of rotatable bonds is 7. The molecular formula is C26H29N5O3. The second-order valence-corrected chi connectivity index (χ2v) is 9.26. The van der Waals surface area contributed by atoms with E-state index in [9.17, 15) is 4.79 Å². The molecule has 8 nitrogen and oxygen atoms in total.